The van der Waals surface area contributed by atoms with Crippen molar-refractivity contribution in [1.82, 2.24) is 9.88 Å². The smallest absolute Gasteiger partial charge is 0.231 e. The van der Waals surface area contributed by atoms with Crippen LogP contribution in [-0.2, 0) is 9.53 Å². The van der Waals surface area contributed by atoms with E-state index in [1.165, 1.54) is 6.20 Å². The van der Waals surface area contributed by atoms with Crippen molar-refractivity contribution in [2.24, 2.45) is 5.41 Å². The lowest BCUT2D eigenvalue weighted by atomic mass is 9.70. The van der Waals surface area contributed by atoms with Crippen LogP contribution >= 0.6 is 0 Å². The number of ether oxygens (including phenoxy) is 2. The number of likely N-dealkylation sites (tertiary alicyclic amines) is 1. The zero-order chi connectivity index (χ0) is 16.3. The molecular formula is C18H19N3O3. The van der Waals surface area contributed by atoms with E-state index in [1.807, 2.05) is 4.90 Å². The van der Waals surface area contributed by atoms with Crippen molar-refractivity contribution in [3.8, 4) is 11.8 Å². The second kappa shape index (κ2) is 4.93. The number of rotatable bonds is 1. The fourth-order valence-corrected chi connectivity index (χ4v) is 4.79. The van der Waals surface area contributed by atoms with Crippen LogP contribution < -0.4 is 4.74 Å². The molecule has 4 fully saturated rings. The first-order chi connectivity index (χ1) is 11.7. The van der Waals surface area contributed by atoms with Crippen LogP contribution in [-0.4, -0.2) is 41.2 Å². The molecule has 0 unspecified atom stereocenters. The Morgan fingerprint density at radius 1 is 1.33 bits per heavy atom. The maximum Gasteiger partial charge on any atom is 0.231 e. The zero-order valence-corrected chi connectivity index (χ0v) is 13.4. The standard InChI is InChI=1S/C18H19N3O3/c19-6-11-7-20-8-14-15-5-13(24-16(11)14)9-21(15)17(22)18-3-1-12(2-4-18)23-10-18/h7-8,12-13,15H,1-5,9-10H2/t12?,13-,15-,18?/m0/s1. The first-order valence-electron chi connectivity index (χ1n) is 8.67. The molecule has 0 radical (unpaired) electrons. The SMILES string of the molecule is N#Cc1cncc2c1O[C@H]1C[C@@H]2N(C(=O)C23CCC(CC2)OC3)C1. The van der Waals surface area contributed by atoms with Crippen LogP contribution in [0.5, 0.6) is 5.75 Å². The minimum absolute atomic E-state index is 0.0268. The van der Waals surface area contributed by atoms with Gasteiger partial charge in [-0.25, -0.2) is 0 Å². The molecule has 3 saturated heterocycles. The van der Waals surface area contributed by atoms with Crippen molar-refractivity contribution in [1.29, 1.82) is 5.26 Å². The van der Waals surface area contributed by atoms with Crippen LogP contribution in [0.25, 0.3) is 0 Å². The predicted molar refractivity (Wildman–Crippen MR) is 83.1 cm³/mol. The third kappa shape index (κ3) is 1.85. The van der Waals surface area contributed by atoms with Crippen molar-refractivity contribution >= 4 is 5.91 Å². The number of hydrogen-bond donors (Lipinski definition) is 0. The van der Waals surface area contributed by atoms with Gasteiger partial charge in [0.2, 0.25) is 5.91 Å². The Balaban J connectivity index is 1.50. The molecule has 1 aromatic heterocycles. The quantitative estimate of drug-likeness (QED) is 0.789. The number of amides is 1. The van der Waals surface area contributed by atoms with Gasteiger partial charge >= 0.3 is 0 Å². The van der Waals surface area contributed by atoms with Gasteiger partial charge in [0.25, 0.3) is 0 Å². The van der Waals surface area contributed by atoms with Gasteiger partial charge in [0.1, 0.15) is 23.5 Å². The summed E-state index contributed by atoms with van der Waals surface area (Å²) in [7, 11) is 0. The van der Waals surface area contributed by atoms with Crippen LogP contribution in [0.4, 0.5) is 0 Å². The van der Waals surface area contributed by atoms with Crippen LogP contribution in [0.1, 0.15) is 49.3 Å². The van der Waals surface area contributed by atoms with E-state index in [-0.39, 0.29) is 23.5 Å². The first kappa shape index (κ1) is 14.2. The van der Waals surface area contributed by atoms with Gasteiger partial charge in [-0.1, -0.05) is 0 Å². The first-order valence-corrected chi connectivity index (χ1v) is 8.67. The molecule has 124 valence electrons. The highest BCUT2D eigenvalue weighted by molar-refractivity contribution is 5.84. The van der Waals surface area contributed by atoms with Gasteiger partial charge < -0.3 is 14.4 Å². The number of nitrogens with zero attached hydrogens (tertiary/aromatic N) is 3. The molecule has 0 N–H and O–H groups in total. The monoisotopic (exact) mass is 325 g/mol. The molecule has 0 aromatic carbocycles. The van der Waals surface area contributed by atoms with Crippen molar-refractivity contribution in [2.45, 2.75) is 50.4 Å². The van der Waals surface area contributed by atoms with Gasteiger partial charge in [0.05, 0.1) is 30.7 Å². The molecule has 0 spiro atoms. The molecule has 6 rings (SSSR count). The molecule has 1 amide bonds. The van der Waals surface area contributed by atoms with Crippen molar-refractivity contribution < 1.29 is 14.3 Å². The minimum atomic E-state index is -0.355. The lowest BCUT2D eigenvalue weighted by Gasteiger charge is -2.47. The summed E-state index contributed by atoms with van der Waals surface area (Å²) >= 11 is 0. The molecule has 1 aromatic rings. The van der Waals surface area contributed by atoms with Crippen molar-refractivity contribution in [2.75, 3.05) is 13.2 Å². The molecule has 5 heterocycles. The molecule has 2 atom stereocenters. The second-order valence-corrected chi connectivity index (χ2v) is 7.46. The fourth-order valence-electron chi connectivity index (χ4n) is 4.79. The third-order valence-electron chi connectivity index (χ3n) is 6.15. The van der Waals surface area contributed by atoms with Crippen molar-refractivity contribution in [3.05, 3.63) is 23.5 Å². The van der Waals surface area contributed by atoms with Crippen LogP contribution in [0.2, 0.25) is 0 Å². The van der Waals surface area contributed by atoms with E-state index >= 15 is 0 Å². The second-order valence-electron chi connectivity index (χ2n) is 7.46. The van der Waals surface area contributed by atoms with Crippen LogP contribution in [0, 0.1) is 16.7 Å². The lowest BCUT2D eigenvalue weighted by Crippen LogP contribution is -2.53. The fraction of sp³-hybridized carbons (Fsp3) is 0.611. The van der Waals surface area contributed by atoms with E-state index in [1.54, 1.807) is 6.20 Å². The van der Waals surface area contributed by atoms with Gasteiger partial charge in [-0.2, -0.15) is 5.26 Å². The number of nitriles is 1. The molecule has 4 aliphatic heterocycles. The van der Waals surface area contributed by atoms with E-state index in [0.717, 1.165) is 37.7 Å². The van der Waals surface area contributed by atoms with E-state index in [0.29, 0.717) is 30.6 Å². The number of fused-ring (bicyclic) bond motifs is 7. The van der Waals surface area contributed by atoms with E-state index in [2.05, 4.69) is 11.1 Å². The topological polar surface area (TPSA) is 75.5 Å². The molecule has 1 aliphatic carbocycles. The summed E-state index contributed by atoms with van der Waals surface area (Å²) in [6, 6.07) is 2.12. The Morgan fingerprint density at radius 3 is 2.88 bits per heavy atom. The summed E-state index contributed by atoms with van der Waals surface area (Å²) in [6.07, 6.45) is 8.21. The van der Waals surface area contributed by atoms with Crippen molar-refractivity contribution in [3.63, 3.8) is 0 Å². The van der Waals surface area contributed by atoms with Gasteiger partial charge in [-0.15, -0.1) is 0 Å². The Hall–Kier alpha value is -2.13. The highest BCUT2D eigenvalue weighted by Gasteiger charge is 2.53. The largest absolute Gasteiger partial charge is 0.487 e. The Kier molecular flexibility index (Phi) is 2.93. The maximum absolute atomic E-state index is 13.4. The van der Waals surface area contributed by atoms with E-state index in [9.17, 15) is 10.1 Å². The van der Waals surface area contributed by atoms with Gasteiger partial charge in [0, 0.05) is 24.4 Å². The molecule has 6 nitrogen and oxygen atoms in total. The summed E-state index contributed by atoms with van der Waals surface area (Å²) in [5, 5.41) is 9.28. The third-order valence-corrected chi connectivity index (χ3v) is 6.15. The maximum atomic E-state index is 13.4. The number of carbonyl (C=O) groups is 1. The van der Waals surface area contributed by atoms with Crippen LogP contribution in [0.3, 0.4) is 0 Å². The summed E-state index contributed by atoms with van der Waals surface area (Å²) in [6.45, 7) is 1.14. The average molecular weight is 325 g/mol. The Labute approximate surface area is 140 Å². The molecule has 6 heteroatoms. The molecule has 1 saturated carbocycles. The van der Waals surface area contributed by atoms with E-state index < -0.39 is 0 Å². The average Bonchev–Trinajstić information content (AvgIpc) is 3.00. The molecular weight excluding hydrogens is 306 g/mol. The highest BCUT2D eigenvalue weighted by Crippen LogP contribution is 2.50. The van der Waals surface area contributed by atoms with E-state index in [4.69, 9.17) is 9.47 Å². The molecule has 5 aliphatic rings. The zero-order valence-electron chi connectivity index (χ0n) is 13.4. The number of carbonyl (C=O) groups excluding carboxylic acids is 1. The minimum Gasteiger partial charge on any atom is -0.487 e. The van der Waals surface area contributed by atoms with Gasteiger partial charge in [-0.05, 0) is 25.7 Å². The predicted octanol–water partition coefficient (Wildman–Crippen LogP) is 1.95. The number of hydrogen-bond acceptors (Lipinski definition) is 5. The lowest BCUT2D eigenvalue weighted by molar-refractivity contribution is -0.168. The van der Waals surface area contributed by atoms with Gasteiger partial charge in [-0.3, -0.25) is 9.78 Å². The Morgan fingerprint density at radius 2 is 2.17 bits per heavy atom. The number of pyridine rings is 1. The summed E-state index contributed by atoms with van der Waals surface area (Å²) in [5.74, 6) is 0.817. The Bertz CT molecular complexity index is 735. The highest BCUT2D eigenvalue weighted by atomic mass is 16.5. The summed E-state index contributed by atoms with van der Waals surface area (Å²) < 4.78 is 11.8. The summed E-state index contributed by atoms with van der Waals surface area (Å²) in [4.78, 5) is 19.5. The normalized spacial score (nSPS) is 36.0. The molecule has 4 bridgehead atoms. The molecule has 24 heavy (non-hydrogen) atoms. The van der Waals surface area contributed by atoms with Gasteiger partial charge in [0.15, 0.2) is 0 Å². The number of aromatic nitrogens is 1. The van der Waals surface area contributed by atoms with Crippen LogP contribution in [0.15, 0.2) is 12.4 Å². The summed E-state index contributed by atoms with van der Waals surface area (Å²) in [5.41, 5.74) is 0.973.